The van der Waals surface area contributed by atoms with E-state index in [1.165, 1.54) is 17.7 Å². The average molecular weight is 271 g/mol. The number of pyridine rings is 1. The molecule has 1 atom stereocenters. The lowest BCUT2D eigenvalue weighted by Gasteiger charge is -2.29. The van der Waals surface area contributed by atoms with Crippen LogP contribution in [-0.2, 0) is 6.54 Å². The van der Waals surface area contributed by atoms with Crippen molar-refractivity contribution in [1.82, 2.24) is 4.98 Å². The Morgan fingerprint density at radius 3 is 3.00 bits per heavy atom. The molecule has 2 heterocycles. The van der Waals surface area contributed by atoms with Crippen molar-refractivity contribution >= 4 is 5.69 Å². The molecule has 20 heavy (non-hydrogen) atoms. The Kier molecular flexibility index (Phi) is 3.65. The highest BCUT2D eigenvalue weighted by atomic mass is 19.1. The molecule has 2 aromatic rings. The Hall–Kier alpha value is -1.94. The summed E-state index contributed by atoms with van der Waals surface area (Å²) < 4.78 is 13.4. The van der Waals surface area contributed by atoms with Crippen LogP contribution in [0.2, 0.25) is 0 Å². The minimum absolute atomic E-state index is 0.230. The largest absolute Gasteiger partial charge is 0.364 e. The second kappa shape index (κ2) is 5.59. The molecule has 104 valence electrons. The van der Waals surface area contributed by atoms with Crippen LogP contribution in [0.15, 0.2) is 42.7 Å². The highest BCUT2D eigenvalue weighted by Gasteiger charge is 2.27. The van der Waals surface area contributed by atoms with Crippen LogP contribution in [0.4, 0.5) is 10.1 Å². The van der Waals surface area contributed by atoms with Gasteiger partial charge in [0.25, 0.3) is 0 Å². The van der Waals surface area contributed by atoms with Gasteiger partial charge in [-0.15, -0.1) is 0 Å². The van der Waals surface area contributed by atoms with Gasteiger partial charge in [0.1, 0.15) is 5.82 Å². The smallest absolute Gasteiger partial charge is 0.123 e. The van der Waals surface area contributed by atoms with E-state index in [1.807, 2.05) is 18.3 Å². The lowest BCUT2D eigenvalue weighted by Crippen LogP contribution is -2.24. The van der Waals surface area contributed by atoms with Crippen molar-refractivity contribution in [3.63, 3.8) is 0 Å². The van der Waals surface area contributed by atoms with E-state index in [9.17, 15) is 4.39 Å². The average Bonchev–Trinajstić information content (AvgIpc) is 2.97. The fourth-order valence-corrected chi connectivity index (χ4v) is 2.97. The van der Waals surface area contributed by atoms with Gasteiger partial charge in [-0.25, -0.2) is 4.39 Å². The number of rotatable bonds is 3. The molecule has 1 fully saturated rings. The summed E-state index contributed by atoms with van der Waals surface area (Å²) in [5, 5.41) is 0. The van der Waals surface area contributed by atoms with Crippen molar-refractivity contribution in [2.45, 2.75) is 25.4 Å². The topological polar surface area (TPSA) is 42.1 Å². The number of anilines is 1. The van der Waals surface area contributed by atoms with Crippen molar-refractivity contribution in [2.75, 3.05) is 11.4 Å². The molecule has 0 aliphatic carbocycles. The molecule has 0 amide bonds. The fourth-order valence-electron chi connectivity index (χ4n) is 2.97. The predicted molar refractivity (Wildman–Crippen MR) is 77.8 cm³/mol. The third kappa shape index (κ3) is 2.39. The van der Waals surface area contributed by atoms with Gasteiger partial charge in [0.05, 0.1) is 6.04 Å². The van der Waals surface area contributed by atoms with Gasteiger partial charge in [0, 0.05) is 31.2 Å². The molecular weight excluding hydrogens is 253 g/mol. The minimum atomic E-state index is -0.230. The van der Waals surface area contributed by atoms with Gasteiger partial charge in [-0.05, 0) is 48.2 Å². The van der Waals surface area contributed by atoms with Crippen LogP contribution < -0.4 is 10.6 Å². The maximum absolute atomic E-state index is 13.4. The van der Waals surface area contributed by atoms with Crippen LogP contribution in [-0.4, -0.2) is 11.5 Å². The Balaban J connectivity index is 1.97. The number of hydrogen-bond acceptors (Lipinski definition) is 3. The highest BCUT2D eigenvalue weighted by Crippen LogP contribution is 2.37. The van der Waals surface area contributed by atoms with Gasteiger partial charge >= 0.3 is 0 Å². The standard InChI is InChI=1S/C16H18FN3/c17-14-5-6-16(13(9-14)10-18)20-8-2-4-15(20)12-3-1-7-19-11-12/h1,3,5-7,9,11,15H,2,4,8,10,18H2. The molecule has 2 N–H and O–H groups in total. The zero-order valence-electron chi connectivity index (χ0n) is 11.3. The van der Waals surface area contributed by atoms with Crippen LogP contribution in [0.3, 0.4) is 0 Å². The van der Waals surface area contributed by atoms with Crippen LogP contribution >= 0.6 is 0 Å². The first-order chi connectivity index (χ1) is 9.79. The van der Waals surface area contributed by atoms with E-state index in [4.69, 9.17) is 5.73 Å². The molecule has 1 unspecified atom stereocenters. The zero-order valence-corrected chi connectivity index (χ0v) is 11.3. The number of halogens is 1. The summed E-state index contributed by atoms with van der Waals surface area (Å²) in [6.07, 6.45) is 5.91. The van der Waals surface area contributed by atoms with Crippen molar-refractivity contribution in [3.8, 4) is 0 Å². The highest BCUT2D eigenvalue weighted by molar-refractivity contribution is 5.56. The van der Waals surface area contributed by atoms with E-state index in [0.29, 0.717) is 12.6 Å². The SMILES string of the molecule is NCc1cc(F)ccc1N1CCCC1c1cccnc1. The van der Waals surface area contributed by atoms with Crippen molar-refractivity contribution in [3.05, 3.63) is 59.7 Å². The van der Waals surface area contributed by atoms with Crippen molar-refractivity contribution in [2.24, 2.45) is 5.73 Å². The van der Waals surface area contributed by atoms with Crippen LogP contribution in [0.1, 0.15) is 30.0 Å². The number of aromatic nitrogens is 1. The van der Waals surface area contributed by atoms with Gasteiger partial charge in [-0.1, -0.05) is 6.07 Å². The van der Waals surface area contributed by atoms with Crippen molar-refractivity contribution < 1.29 is 4.39 Å². The Morgan fingerprint density at radius 1 is 1.35 bits per heavy atom. The Bertz CT molecular complexity index is 586. The van der Waals surface area contributed by atoms with Crippen LogP contribution in [0, 0.1) is 5.82 Å². The quantitative estimate of drug-likeness (QED) is 0.933. The summed E-state index contributed by atoms with van der Waals surface area (Å²) >= 11 is 0. The summed E-state index contributed by atoms with van der Waals surface area (Å²) in [6, 6.07) is 9.24. The predicted octanol–water partition coefficient (Wildman–Crippen LogP) is 3.02. The van der Waals surface area contributed by atoms with E-state index in [1.54, 1.807) is 6.20 Å². The van der Waals surface area contributed by atoms with E-state index in [0.717, 1.165) is 30.6 Å². The van der Waals surface area contributed by atoms with Crippen LogP contribution in [0.25, 0.3) is 0 Å². The molecular formula is C16H18FN3. The summed E-state index contributed by atoms with van der Waals surface area (Å²) in [5.74, 6) is -0.230. The van der Waals surface area contributed by atoms with E-state index in [-0.39, 0.29) is 5.82 Å². The van der Waals surface area contributed by atoms with Gasteiger partial charge in [0.15, 0.2) is 0 Å². The maximum atomic E-state index is 13.4. The van der Waals surface area contributed by atoms with Gasteiger partial charge in [-0.2, -0.15) is 0 Å². The first kappa shape index (κ1) is 13.1. The number of nitrogens with two attached hydrogens (primary N) is 1. The maximum Gasteiger partial charge on any atom is 0.123 e. The molecule has 0 spiro atoms. The number of hydrogen-bond donors (Lipinski definition) is 1. The first-order valence-corrected chi connectivity index (χ1v) is 6.94. The number of benzene rings is 1. The van der Waals surface area contributed by atoms with Crippen LogP contribution in [0.5, 0.6) is 0 Å². The summed E-state index contributed by atoms with van der Waals surface area (Å²) in [6.45, 7) is 1.32. The van der Waals surface area contributed by atoms with Crippen molar-refractivity contribution in [1.29, 1.82) is 0 Å². The van der Waals surface area contributed by atoms with Gasteiger partial charge in [0.2, 0.25) is 0 Å². The molecule has 3 nitrogen and oxygen atoms in total. The number of nitrogens with zero attached hydrogens (tertiary/aromatic N) is 2. The fraction of sp³-hybridized carbons (Fsp3) is 0.312. The first-order valence-electron chi connectivity index (χ1n) is 6.94. The molecule has 4 heteroatoms. The Morgan fingerprint density at radius 2 is 2.25 bits per heavy atom. The zero-order chi connectivity index (χ0) is 13.9. The summed E-state index contributed by atoms with van der Waals surface area (Å²) in [5.41, 5.74) is 8.88. The third-order valence-corrected chi connectivity index (χ3v) is 3.89. The molecule has 1 aromatic heterocycles. The summed E-state index contributed by atoms with van der Waals surface area (Å²) in [7, 11) is 0. The minimum Gasteiger partial charge on any atom is -0.364 e. The molecule has 1 aromatic carbocycles. The second-order valence-electron chi connectivity index (χ2n) is 5.11. The summed E-state index contributed by atoms with van der Waals surface area (Å²) in [4.78, 5) is 6.52. The van der Waals surface area contributed by atoms with E-state index in [2.05, 4.69) is 16.0 Å². The molecule has 0 radical (unpaired) electrons. The van der Waals surface area contributed by atoms with Gasteiger partial charge in [-0.3, -0.25) is 4.98 Å². The molecule has 1 aliphatic heterocycles. The van der Waals surface area contributed by atoms with Gasteiger partial charge < -0.3 is 10.6 Å². The lowest BCUT2D eigenvalue weighted by molar-refractivity contribution is 0.624. The normalized spacial score (nSPS) is 18.5. The monoisotopic (exact) mass is 271 g/mol. The molecule has 0 bridgehead atoms. The molecule has 1 aliphatic rings. The Labute approximate surface area is 118 Å². The second-order valence-corrected chi connectivity index (χ2v) is 5.11. The van der Waals surface area contributed by atoms with E-state index >= 15 is 0 Å². The lowest BCUT2D eigenvalue weighted by atomic mass is 10.1. The molecule has 1 saturated heterocycles. The molecule has 0 saturated carbocycles. The van der Waals surface area contributed by atoms with E-state index < -0.39 is 0 Å². The third-order valence-electron chi connectivity index (χ3n) is 3.89. The molecule has 3 rings (SSSR count).